The van der Waals surface area contributed by atoms with Gasteiger partial charge in [-0.15, -0.1) is 0 Å². The summed E-state index contributed by atoms with van der Waals surface area (Å²) in [4.78, 5) is 0. The molecule has 0 fully saturated rings. The summed E-state index contributed by atoms with van der Waals surface area (Å²) in [6.45, 7) is 0.478. The first kappa shape index (κ1) is 10.1. The third-order valence-corrected chi connectivity index (χ3v) is 2.70. The van der Waals surface area contributed by atoms with Crippen LogP contribution in [0.4, 0.5) is 10.2 Å². The monoisotopic (exact) mass is 235 g/mol. The largest absolute Gasteiger partial charge is 0.467 e. The Balaban J connectivity index is 2.25. The van der Waals surface area contributed by atoms with Crippen molar-refractivity contribution in [1.82, 2.24) is 10.2 Å². The second-order valence-corrected chi connectivity index (χ2v) is 3.71. The average molecular weight is 235 g/mol. The van der Waals surface area contributed by atoms with Gasteiger partial charge in [-0.1, -0.05) is 0 Å². The third-order valence-electron chi connectivity index (χ3n) is 2.70. The number of hydrogen-bond acceptors (Lipinski definition) is 4. The molecule has 1 aromatic heterocycles. The number of nitrogens with two attached hydrogens (primary N) is 1. The molecule has 0 amide bonds. The van der Waals surface area contributed by atoms with Crippen LogP contribution in [0.1, 0.15) is 5.56 Å². The number of halogens is 1. The number of H-pyrrole nitrogens is 1. The maximum Gasteiger partial charge on any atom is 0.189 e. The van der Waals surface area contributed by atoms with Crippen molar-refractivity contribution in [3.05, 3.63) is 29.7 Å². The number of nitrogen functional groups attached to an aromatic ring is 1. The number of ether oxygens (including phenoxy) is 2. The van der Waals surface area contributed by atoms with Crippen molar-refractivity contribution >= 4 is 5.82 Å². The molecule has 3 rings (SSSR count). The van der Waals surface area contributed by atoms with Gasteiger partial charge in [-0.25, -0.2) is 4.39 Å². The molecule has 0 bridgehead atoms. The lowest BCUT2D eigenvalue weighted by atomic mass is 10.00. The van der Waals surface area contributed by atoms with Gasteiger partial charge in [0.2, 0.25) is 0 Å². The number of fused-ring (bicyclic) bond motifs is 1. The molecule has 0 saturated carbocycles. The zero-order chi connectivity index (χ0) is 11.8. The Morgan fingerprint density at radius 1 is 1.41 bits per heavy atom. The molecule has 6 heteroatoms. The summed E-state index contributed by atoms with van der Waals surface area (Å²) in [5, 5.41) is 6.37. The van der Waals surface area contributed by atoms with Gasteiger partial charge < -0.3 is 15.2 Å². The van der Waals surface area contributed by atoms with E-state index >= 15 is 0 Å². The van der Waals surface area contributed by atoms with Crippen LogP contribution in [0.25, 0.3) is 11.1 Å². The minimum absolute atomic E-state index is 0.180. The van der Waals surface area contributed by atoms with Crippen LogP contribution in [0.15, 0.2) is 18.3 Å². The van der Waals surface area contributed by atoms with Crippen molar-refractivity contribution in [2.75, 3.05) is 12.5 Å². The molecule has 0 spiro atoms. The highest BCUT2D eigenvalue weighted by Gasteiger charge is 2.21. The lowest BCUT2D eigenvalue weighted by Crippen LogP contribution is -2.13. The van der Waals surface area contributed by atoms with Crippen LogP contribution < -0.4 is 10.5 Å². The van der Waals surface area contributed by atoms with Crippen LogP contribution in [-0.4, -0.2) is 17.0 Å². The van der Waals surface area contributed by atoms with Crippen LogP contribution in [0.3, 0.4) is 0 Å². The smallest absolute Gasteiger partial charge is 0.189 e. The van der Waals surface area contributed by atoms with E-state index in [2.05, 4.69) is 10.2 Å². The molecule has 0 atom stereocenters. The second kappa shape index (κ2) is 3.74. The van der Waals surface area contributed by atoms with Gasteiger partial charge in [-0.2, -0.15) is 5.10 Å². The van der Waals surface area contributed by atoms with Crippen LogP contribution in [0, 0.1) is 5.82 Å². The Bertz CT molecular complexity index is 568. The molecule has 2 heterocycles. The SMILES string of the molecule is Nc1[nH]ncc1-c1c(F)ccc2c1COCO2. The number of anilines is 1. The minimum Gasteiger partial charge on any atom is -0.467 e. The molecular formula is C11H10FN3O2. The van der Waals surface area contributed by atoms with Crippen LogP contribution >= 0.6 is 0 Å². The van der Waals surface area contributed by atoms with E-state index in [1.807, 2.05) is 0 Å². The first-order chi connectivity index (χ1) is 8.27. The van der Waals surface area contributed by atoms with E-state index in [0.29, 0.717) is 34.9 Å². The van der Waals surface area contributed by atoms with Crippen molar-refractivity contribution in [2.24, 2.45) is 0 Å². The molecule has 2 aromatic rings. The number of aromatic amines is 1. The van der Waals surface area contributed by atoms with E-state index in [9.17, 15) is 4.39 Å². The van der Waals surface area contributed by atoms with Gasteiger partial charge in [0.25, 0.3) is 0 Å². The summed E-state index contributed by atoms with van der Waals surface area (Å²) < 4.78 is 24.4. The predicted octanol–water partition coefficient (Wildman–Crippen LogP) is 1.66. The van der Waals surface area contributed by atoms with Gasteiger partial charge in [0.1, 0.15) is 17.4 Å². The fourth-order valence-corrected chi connectivity index (χ4v) is 1.91. The molecule has 0 unspecified atom stereocenters. The quantitative estimate of drug-likeness (QED) is 0.788. The molecule has 1 aliphatic heterocycles. The summed E-state index contributed by atoms with van der Waals surface area (Å²) in [6, 6.07) is 2.94. The molecule has 1 aliphatic rings. The summed E-state index contributed by atoms with van der Waals surface area (Å²) in [5.74, 6) is 0.571. The van der Waals surface area contributed by atoms with E-state index in [1.54, 1.807) is 6.07 Å². The van der Waals surface area contributed by atoms with E-state index in [4.69, 9.17) is 15.2 Å². The summed E-state index contributed by atoms with van der Waals surface area (Å²) in [6.07, 6.45) is 1.49. The van der Waals surface area contributed by atoms with E-state index in [-0.39, 0.29) is 12.6 Å². The van der Waals surface area contributed by atoms with E-state index in [1.165, 1.54) is 12.3 Å². The van der Waals surface area contributed by atoms with Crippen LogP contribution in [-0.2, 0) is 11.3 Å². The number of aromatic nitrogens is 2. The zero-order valence-electron chi connectivity index (χ0n) is 8.87. The van der Waals surface area contributed by atoms with Crippen molar-refractivity contribution in [3.8, 4) is 16.9 Å². The number of rotatable bonds is 1. The highest BCUT2D eigenvalue weighted by atomic mass is 19.1. The number of hydrogen-bond donors (Lipinski definition) is 2. The Morgan fingerprint density at radius 2 is 2.29 bits per heavy atom. The average Bonchev–Trinajstić information content (AvgIpc) is 2.75. The summed E-state index contributed by atoms with van der Waals surface area (Å²) >= 11 is 0. The topological polar surface area (TPSA) is 73.2 Å². The number of nitrogens with one attached hydrogen (secondary N) is 1. The molecule has 1 aromatic carbocycles. The first-order valence-electron chi connectivity index (χ1n) is 5.08. The molecule has 0 aliphatic carbocycles. The normalized spacial score (nSPS) is 14.2. The maximum atomic E-state index is 13.9. The van der Waals surface area contributed by atoms with Gasteiger partial charge in [-0.05, 0) is 12.1 Å². The fraction of sp³-hybridized carbons (Fsp3) is 0.182. The van der Waals surface area contributed by atoms with Crippen molar-refractivity contribution < 1.29 is 13.9 Å². The Hall–Kier alpha value is -2.08. The molecule has 0 radical (unpaired) electrons. The van der Waals surface area contributed by atoms with Gasteiger partial charge in [-0.3, -0.25) is 5.10 Å². The van der Waals surface area contributed by atoms with Gasteiger partial charge in [0, 0.05) is 16.7 Å². The van der Waals surface area contributed by atoms with E-state index < -0.39 is 0 Å². The lowest BCUT2D eigenvalue weighted by molar-refractivity contribution is -0.0162. The highest BCUT2D eigenvalue weighted by molar-refractivity contribution is 5.78. The van der Waals surface area contributed by atoms with Gasteiger partial charge in [0.05, 0.1) is 12.8 Å². The van der Waals surface area contributed by atoms with Crippen molar-refractivity contribution in [2.45, 2.75) is 6.61 Å². The molecule has 3 N–H and O–H groups in total. The first-order valence-corrected chi connectivity index (χ1v) is 5.08. The van der Waals surface area contributed by atoms with Crippen molar-refractivity contribution in [3.63, 3.8) is 0 Å². The summed E-state index contributed by atoms with van der Waals surface area (Å²) in [7, 11) is 0. The molecule has 5 nitrogen and oxygen atoms in total. The molecule has 17 heavy (non-hydrogen) atoms. The van der Waals surface area contributed by atoms with Gasteiger partial charge >= 0.3 is 0 Å². The highest BCUT2D eigenvalue weighted by Crippen LogP contribution is 2.37. The molecule has 0 saturated heterocycles. The second-order valence-electron chi connectivity index (χ2n) is 3.71. The maximum absolute atomic E-state index is 13.9. The van der Waals surface area contributed by atoms with Crippen LogP contribution in [0.5, 0.6) is 5.75 Å². The Kier molecular flexibility index (Phi) is 2.22. The number of benzene rings is 1. The minimum atomic E-state index is -0.369. The molecule has 88 valence electrons. The van der Waals surface area contributed by atoms with E-state index in [0.717, 1.165) is 0 Å². The predicted molar refractivity (Wildman–Crippen MR) is 58.7 cm³/mol. The molecular weight excluding hydrogens is 225 g/mol. The van der Waals surface area contributed by atoms with Crippen LogP contribution in [0.2, 0.25) is 0 Å². The van der Waals surface area contributed by atoms with Crippen molar-refractivity contribution in [1.29, 1.82) is 0 Å². The van der Waals surface area contributed by atoms with Gasteiger partial charge in [0.15, 0.2) is 6.79 Å². The number of nitrogens with zero attached hydrogens (tertiary/aromatic N) is 1. The standard InChI is InChI=1S/C11H10FN3O2/c12-8-1-2-9-7(4-16-5-17-9)10(8)6-3-14-15-11(6)13/h1-3H,4-5H2,(H3,13,14,15). The fourth-order valence-electron chi connectivity index (χ4n) is 1.91. The zero-order valence-corrected chi connectivity index (χ0v) is 8.87. The Morgan fingerprint density at radius 3 is 3.06 bits per heavy atom. The summed E-state index contributed by atoms with van der Waals surface area (Å²) in [5.41, 5.74) is 7.27. The lowest BCUT2D eigenvalue weighted by Gasteiger charge is -2.20. The third kappa shape index (κ3) is 1.53. The Labute approximate surface area is 96.3 Å².